The van der Waals surface area contributed by atoms with Gasteiger partial charge in [0.15, 0.2) is 0 Å². The fraction of sp³-hybridized carbons (Fsp3) is 0.412. The van der Waals surface area contributed by atoms with Gasteiger partial charge in [0, 0.05) is 17.3 Å². The number of rotatable bonds is 5. The molecule has 1 aliphatic carbocycles. The van der Waals surface area contributed by atoms with E-state index in [2.05, 4.69) is 54.9 Å². The number of thiophene rings is 1. The van der Waals surface area contributed by atoms with Gasteiger partial charge in [-0.15, -0.1) is 11.3 Å². The van der Waals surface area contributed by atoms with E-state index in [4.69, 9.17) is 0 Å². The lowest BCUT2D eigenvalue weighted by Crippen LogP contribution is -2.21. The number of nitrogens with one attached hydrogen (secondary N) is 1. The average Bonchev–Trinajstić information content (AvgIpc) is 3.15. The van der Waals surface area contributed by atoms with Gasteiger partial charge in [-0.3, -0.25) is 0 Å². The van der Waals surface area contributed by atoms with Gasteiger partial charge in [0.05, 0.1) is 0 Å². The van der Waals surface area contributed by atoms with Gasteiger partial charge < -0.3 is 5.32 Å². The van der Waals surface area contributed by atoms with Crippen molar-refractivity contribution in [3.05, 3.63) is 40.8 Å². The molecule has 1 nitrogen and oxygen atoms in total. The molecule has 0 aliphatic heterocycles. The Kier molecular flexibility index (Phi) is 3.72. The largest absolute Gasteiger partial charge is 0.310 e. The van der Waals surface area contributed by atoms with Crippen molar-refractivity contribution in [3.8, 4) is 0 Å². The lowest BCUT2D eigenvalue weighted by atomic mass is 10.00. The normalized spacial score (nSPS) is 16.5. The zero-order valence-electron chi connectivity index (χ0n) is 11.6. The van der Waals surface area contributed by atoms with Crippen LogP contribution in [-0.2, 0) is 0 Å². The van der Waals surface area contributed by atoms with E-state index in [1.54, 1.807) is 0 Å². The van der Waals surface area contributed by atoms with E-state index in [1.165, 1.54) is 34.1 Å². The summed E-state index contributed by atoms with van der Waals surface area (Å²) < 4.78 is 1.38. The molecular weight excluding hydrogens is 250 g/mol. The first-order chi connectivity index (χ1) is 9.24. The summed E-state index contributed by atoms with van der Waals surface area (Å²) in [5, 5.41) is 7.30. The molecule has 1 aromatic carbocycles. The molecule has 2 heteroatoms. The minimum atomic E-state index is 0.602. The van der Waals surface area contributed by atoms with E-state index >= 15 is 0 Å². The highest BCUT2D eigenvalue weighted by atomic mass is 32.1. The Morgan fingerprint density at radius 1 is 1.37 bits per heavy atom. The summed E-state index contributed by atoms with van der Waals surface area (Å²) >= 11 is 1.84. The van der Waals surface area contributed by atoms with Gasteiger partial charge in [-0.05, 0) is 41.2 Å². The summed E-state index contributed by atoms with van der Waals surface area (Å²) in [5.41, 5.74) is 2.89. The molecule has 0 radical (unpaired) electrons. The minimum Gasteiger partial charge on any atom is -0.310 e. The Morgan fingerprint density at radius 2 is 2.16 bits per heavy atom. The summed E-state index contributed by atoms with van der Waals surface area (Å²) in [6, 6.07) is 9.45. The fourth-order valence-corrected chi connectivity index (χ4v) is 3.20. The number of hydrogen-bond donors (Lipinski definition) is 1. The van der Waals surface area contributed by atoms with E-state index in [0.717, 1.165) is 12.6 Å². The van der Waals surface area contributed by atoms with Crippen molar-refractivity contribution in [2.45, 2.75) is 32.7 Å². The molecule has 1 N–H and O–H groups in total. The summed E-state index contributed by atoms with van der Waals surface area (Å²) in [6.45, 7) is 5.61. The van der Waals surface area contributed by atoms with Crippen LogP contribution in [0.4, 0.5) is 0 Å². The van der Waals surface area contributed by atoms with Crippen molar-refractivity contribution < 1.29 is 0 Å². The van der Waals surface area contributed by atoms with Crippen molar-refractivity contribution in [2.75, 3.05) is 6.54 Å². The number of benzene rings is 1. The maximum atomic E-state index is 3.63. The van der Waals surface area contributed by atoms with Crippen LogP contribution in [0.15, 0.2) is 35.2 Å². The van der Waals surface area contributed by atoms with Crippen LogP contribution in [0.3, 0.4) is 0 Å². The van der Waals surface area contributed by atoms with Crippen LogP contribution in [-0.4, -0.2) is 12.6 Å². The topological polar surface area (TPSA) is 12.0 Å². The molecule has 1 aliphatic rings. The Morgan fingerprint density at radius 3 is 2.89 bits per heavy atom. The number of fused-ring (bicyclic) bond motifs is 1. The van der Waals surface area contributed by atoms with Gasteiger partial charge >= 0.3 is 0 Å². The second kappa shape index (κ2) is 5.48. The van der Waals surface area contributed by atoms with Crippen LogP contribution in [0.25, 0.3) is 16.2 Å². The Hall–Kier alpha value is -1.12. The minimum absolute atomic E-state index is 0.602. The van der Waals surface area contributed by atoms with Crippen LogP contribution < -0.4 is 5.32 Å². The highest BCUT2D eigenvalue weighted by molar-refractivity contribution is 7.17. The maximum absolute atomic E-state index is 3.63. The molecule has 0 atom stereocenters. The van der Waals surface area contributed by atoms with Crippen LogP contribution in [0.1, 0.15) is 32.3 Å². The Labute approximate surface area is 119 Å². The lowest BCUT2D eigenvalue weighted by molar-refractivity contribution is 0.663. The monoisotopic (exact) mass is 271 g/mol. The van der Waals surface area contributed by atoms with Gasteiger partial charge in [-0.25, -0.2) is 0 Å². The summed E-state index contributed by atoms with van der Waals surface area (Å²) in [4.78, 5) is 0. The van der Waals surface area contributed by atoms with Gasteiger partial charge in [0.25, 0.3) is 0 Å². The molecule has 0 bridgehead atoms. The van der Waals surface area contributed by atoms with E-state index in [0.29, 0.717) is 5.92 Å². The summed E-state index contributed by atoms with van der Waals surface area (Å²) in [7, 11) is 0. The molecule has 3 rings (SSSR count). The third-order valence-electron chi connectivity index (χ3n) is 3.77. The molecule has 100 valence electrons. The van der Waals surface area contributed by atoms with Crippen LogP contribution in [0.5, 0.6) is 0 Å². The lowest BCUT2D eigenvalue weighted by Gasteiger charge is -2.12. The van der Waals surface area contributed by atoms with E-state index < -0.39 is 0 Å². The van der Waals surface area contributed by atoms with Crippen molar-refractivity contribution in [3.63, 3.8) is 0 Å². The van der Waals surface area contributed by atoms with Gasteiger partial charge in [0.2, 0.25) is 0 Å². The molecular formula is C17H21NS. The summed E-state index contributed by atoms with van der Waals surface area (Å²) in [6.07, 6.45) is 5.10. The molecule has 0 unspecified atom stereocenters. The van der Waals surface area contributed by atoms with Gasteiger partial charge in [-0.1, -0.05) is 43.7 Å². The van der Waals surface area contributed by atoms with Crippen LogP contribution >= 0.6 is 11.3 Å². The molecule has 0 saturated heterocycles. The van der Waals surface area contributed by atoms with Crippen molar-refractivity contribution in [1.29, 1.82) is 0 Å². The van der Waals surface area contributed by atoms with Crippen LogP contribution in [0, 0.1) is 5.92 Å². The van der Waals surface area contributed by atoms with E-state index in [9.17, 15) is 0 Å². The third kappa shape index (κ3) is 3.07. The molecule has 1 fully saturated rings. The quantitative estimate of drug-likeness (QED) is 0.831. The highest BCUT2D eigenvalue weighted by Crippen LogP contribution is 2.28. The molecule has 0 amide bonds. The summed E-state index contributed by atoms with van der Waals surface area (Å²) in [5.74, 6) is 0.602. The van der Waals surface area contributed by atoms with Crippen LogP contribution in [0.2, 0.25) is 0 Å². The second-order valence-electron chi connectivity index (χ2n) is 5.72. The Balaban J connectivity index is 1.86. The zero-order chi connectivity index (χ0) is 13.2. The van der Waals surface area contributed by atoms with E-state index in [-0.39, 0.29) is 0 Å². The average molecular weight is 271 g/mol. The fourth-order valence-electron chi connectivity index (χ4n) is 2.28. The highest BCUT2D eigenvalue weighted by Gasteiger charge is 2.20. The third-order valence-corrected chi connectivity index (χ3v) is 4.75. The second-order valence-corrected chi connectivity index (χ2v) is 6.63. The first-order valence-electron chi connectivity index (χ1n) is 7.14. The predicted molar refractivity (Wildman–Crippen MR) is 85.7 cm³/mol. The first kappa shape index (κ1) is 12.9. The molecule has 19 heavy (non-hydrogen) atoms. The molecule has 2 aromatic rings. The SMILES string of the molecule is CC(C)C(=Cc1csc2ccccc12)CNC1CC1. The van der Waals surface area contributed by atoms with Gasteiger partial charge in [0.1, 0.15) is 0 Å². The zero-order valence-corrected chi connectivity index (χ0v) is 12.5. The molecule has 1 aromatic heterocycles. The molecule has 1 heterocycles. The first-order valence-corrected chi connectivity index (χ1v) is 8.02. The molecule has 0 spiro atoms. The number of hydrogen-bond acceptors (Lipinski definition) is 2. The smallest absolute Gasteiger partial charge is 0.0348 e. The van der Waals surface area contributed by atoms with Crippen molar-refractivity contribution in [2.24, 2.45) is 5.92 Å². The Bertz CT molecular complexity index is 590. The standard InChI is InChI=1S/C17H21NS/c1-12(2)13(10-18-15-7-8-15)9-14-11-19-17-6-4-3-5-16(14)17/h3-6,9,11-12,15,18H,7-8,10H2,1-2H3. The predicted octanol–water partition coefficient (Wildman–Crippen LogP) is 4.69. The van der Waals surface area contributed by atoms with Gasteiger partial charge in [-0.2, -0.15) is 0 Å². The van der Waals surface area contributed by atoms with E-state index in [1.807, 2.05) is 11.3 Å². The van der Waals surface area contributed by atoms with Crippen molar-refractivity contribution in [1.82, 2.24) is 5.32 Å². The maximum Gasteiger partial charge on any atom is 0.0348 e. The van der Waals surface area contributed by atoms with Crippen molar-refractivity contribution >= 4 is 27.5 Å². The molecule has 1 saturated carbocycles.